The van der Waals surface area contributed by atoms with Crippen LogP contribution in [0.2, 0.25) is 10.0 Å². The molecule has 0 saturated heterocycles. The van der Waals surface area contributed by atoms with Crippen LogP contribution in [0.15, 0.2) is 78.2 Å². The van der Waals surface area contributed by atoms with E-state index in [9.17, 15) is 13.5 Å². The first-order chi connectivity index (χ1) is 20.1. The Balaban J connectivity index is 1.44. The van der Waals surface area contributed by atoms with Gasteiger partial charge in [0.15, 0.2) is 17.3 Å². The number of hydrogen-bond donors (Lipinski definition) is 1. The van der Waals surface area contributed by atoms with Crippen molar-refractivity contribution in [1.29, 1.82) is 0 Å². The maximum absolute atomic E-state index is 13.3. The third kappa shape index (κ3) is 5.87. The lowest BCUT2D eigenvalue weighted by atomic mass is 9.94. The molecule has 0 aliphatic rings. The van der Waals surface area contributed by atoms with E-state index in [1.807, 2.05) is 0 Å². The largest absolute Gasteiger partial charge is 0.497 e. The second-order valence-corrected chi connectivity index (χ2v) is 11.5. The quantitative estimate of drug-likeness (QED) is 0.228. The lowest BCUT2D eigenvalue weighted by Crippen LogP contribution is -2.38. The van der Waals surface area contributed by atoms with Gasteiger partial charge in [-0.2, -0.15) is 13.5 Å². The molecule has 218 valence electrons. The van der Waals surface area contributed by atoms with Gasteiger partial charge in [-0.05, 0) is 65.0 Å². The summed E-state index contributed by atoms with van der Waals surface area (Å²) in [4.78, 5) is 3.90. The number of benzene rings is 3. The van der Waals surface area contributed by atoms with Crippen LogP contribution >= 0.6 is 23.2 Å². The Kier molecular flexibility index (Phi) is 8.31. The van der Waals surface area contributed by atoms with Crippen LogP contribution in [0.25, 0.3) is 11.4 Å². The summed E-state index contributed by atoms with van der Waals surface area (Å²) >= 11 is 12.5. The Morgan fingerprint density at radius 3 is 2.43 bits per heavy atom. The van der Waals surface area contributed by atoms with Gasteiger partial charge in [-0.25, -0.2) is 9.67 Å². The zero-order chi connectivity index (χ0) is 29.9. The molecule has 0 bridgehead atoms. The molecule has 0 aliphatic heterocycles. The van der Waals surface area contributed by atoms with Gasteiger partial charge in [-0.15, -0.1) is 9.19 Å². The van der Waals surface area contributed by atoms with Crippen molar-refractivity contribution in [1.82, 2.24) is 34.4 Å². The van der Waals surface area contributed by atoms with Crippen LogP contribution < -0.4 is 14.2 Å². The Bertz CT molecular complexity index is 1800. The van der Waals surface area contributed by atoms with Gasteiger partial charge in [0.25, 0.3) is 10.0 Å². The van der Waals surface area contributed by atoms with Gasteiger partial charge in [0.1, 0.15) is 30.6 Å². The lowest BCUT2D eigenvalue weighted by molar-refractivity contribution is -0.0274. The van der Waals surface area contributed by atoms with Crippen molar-refractivity contribution < 1.29 is 27.7 Å². The fraction of sp³-hybridized carbons (Fsp3) is 0.192. The lowest BCUT2D eigenvalue weighted by Gasteiger charge is -2.29. The standard InChI is InChI=1S/C26H23Cl2N7O6S/c1-39-19-5-7-20(8-6-19)42(37,38)35-25(31-32-33-35)17-3-10-23(24(11-17)40-2)41-14-26(36,13-34-16-29-15-30-34)21-9-4-18(27)12-22(21)28/h3-12,15-16,36H,13-14H2,1-2H3. The van der Waals surface area contributed by atoms with Crippen LogP contribution in [0.5, 0.6) is 17.2 Å². The number of aliphatic hydroxyl groups is 1. The summed E-state index contributed by atoms with van der Waals surface area (Å²) in [6.45, 7) is -0.305. The van der Waals surface area contributed by atoms with E-state index >= 15 is 0 Å². The first-order valence-electron chi connectivity index (χ1n) is 12.1. The van der Waals surface area contributed by atoms with Gasteiger partial charge < -0.3 is 19.3 Å². The molecule has 5 aromatic rings. The number of tetrazole rings is 1. The topological polar surface area (TPSA) is 156 Å². The van der Waals surface area contributed by atoms with E-state index in [4.69, 9.17) is 37.4 Å². The summed E-state index contributed by atoms with van der Waals surface area (Å²) in [7, 11) is -1.24. The average molecular weight is 632 g/mol. The fourth-order valence-corrected chi connectivity index (χ4v) is 5.90. The minimum atomic E-state index is -4.14. The molecule has 1 atom stereocenters. The molecule has 2 heterocycles. The summed E-state index contributed by atoms with van der Waals surface area (Å²) in [5.74, 6) is 0.929. The first kappa shape index (κ1) is 29.3. The van der Waals surface area contributed by atoms with Crippen LogP contribution in [0, 0.1) is 0 Å². The fourth-order valence-electron chi connectivity index (χ4n) is 4.14. The minimum Gasteiger partial charge on any atom is -0.497 e. The van der Waals surface area contributed by atoms with E-state index in [-0.39, 0.29) is 40.4 Å². The van der Waals surface area contributed by atoms with E-state index in [1.54, 1.807) is 24.3 Å². The van der Waals surface area contributed by atoms with Crippen LogP contribution in [-0.4, -0.2) is 68.7 Å². The van der Waals surface area contributed by atoms with Crippen molar-refractivity contribution >= 4 is 33.2 Å². The van der Waals surface area contributed by atoms with E-state index in [1.165, 1.54) is 68.0 Å². The number of rotatable bonds is 11. The maximum atomic E-state index is 13.3. The predicted octanol–water partition coefficient (Wildman–Crippen LogP) is 3.46. The molecule has 42 heavy (non-hydrogen) atoms. The molecule has 13 nitrogen and oxygen atoms in total. The zero-order valence-electron chi connectivity index (χ0n) is 22.1. The number of aromatic nitrogens is 7. The first-order valence-corrected chi connectivity index (χ1v) is 14.3. The molecular formula is C26H23Cl2N7O6S. The van der Waals surface area contributed by atoms with E-state index in [2.05, 4.69) is 25.6 Å². The van der Waals surface area contributed by atoms with Crippen molar-refractivity contribution in [3.63, 3.8) is 0 Å². The van der Waals surface area contributed by atoms with Gasteiger partial charge >= 0.3 is 0 Å². The van der Waals surface area contributed by atoms with Crippen molar-refractivity contribution in [3.8, 4) is 28.6 Å². The molecule has 0 saturated carbocycles. The van der Waals surface area contributed by atoms with Gasteiger partial charge in [0, 0.05) is 21.2 Å². The highest BCUT2D eigenvalue weighted by Gasteiger charge is 2.34. The van der Waals surface area contributed by atoms with Crippen LogP contribution in [0.3, 0.4) is 0 Å². The Hall–Kier alpha value is -4.24. The van der Waals surface area contributed by atoms with E-state index in [0.717, 1.165) is 4.09 Å². The van der Waals surface area contributed by atoms with Gasteiger partial charge in [0.05, 0.1) is 25.7 Å². The molecule has 0 fully saturated rings. The molecule has 0 spiro atoms. The second kappa shape index (κ2) is 11.9. The van der Waals surface area contributed by atoms with Crippen molar-refractivity contribution in [2.45, 2.75) is 17.0 Å². The van der Waals surface area contributed by atoms with Crippen molar-refractivity contribution in [3.05, 3.63) is 88.9 Å². The second-order valence-electron chi connectivity index (χ2n) is 8.93. The number of ether oxygens (including phenoxy) is 3. The van der Waals surface area contributed by atoms with Gasteiger partial charge in [-0.3, -0.25) is 0 Å². The third-order valence-corrected chi connectivity index (χ3v) is 8.35. The molecule has 3 aromatic carbocycles. The maximum Gasteiger partial charge on any atom is 0.286 e. The predicted molar refractivity (Wildman–Crippen MR) is 151 cm³/mol. The number of halogens is 2. The van der Waals surface area contributed by atoms with Crippen molar-refractivity contribution in [2.75, 3.05) is 20.8 Å². The molecule has 5 rings (SSSR count). The smallest absolute Gasteiger partial charge is 0.286 e. The monoisotopic (exact) mass is 631 g/mol. The highest BCUT2D eigenvalue weighted by molar-refractivity contribution is 7.90. The Morgan fingerprint density at radius 1 is 0.976 bits per heavy atom. The molecule has 0 amide bonds. The number of methoxy groups -OCH3 is 2. The summed E-state index contributed by atoms with van der Waals surface area (Å²) in [5, 5.41) is 27.7. The molecule has 1 N–H and O–H groups in total. The summed E-state index contributed by atoms with van der Waals surface area (Å²) in [6.07, 6.45) is 2.79. The molecular weight excluding hydrogens is 609 g/mol. The summed E-state index contributed by atoms with van der Waals surface area (Å²) in [5.41, 5.74) is -0.960. The summed E-state index contributed by atoms with van der Waals surface area (Å²) < 4.78 is 45.4. The molecule has 2 aromatic heterocycles. The molecule has 0 radical (unpaired) electrons. The molecule has 0 aliphatic carbocycles. The zero-order valence-corrected chi connectivity index (χ0v) is 24.5. The SMILES string of the molecule is COc1ccc(S(=O)(=O)n2nnnc2-c2ccc(OCC(O)(Cn3cncn3)c3ccc(Cl)cc3Cl)c(OC)c2)cc1. The van der Waals surface area contributed by atoms with Gasteiger partial charge in [-0.1, -0.05) is 29.3 Å². The van der Waals surface area contributed by atoms with Crippen LogP contribution in [0.1, 0.15) is 5.56 Å². The van der Waals surface area contributed by atoms with E-state index < -0.39 is 15.6 Å². The van der Waals surface area contributed by atoms with Crippen molar-refractivity contribution in [2.24, 2.45) is 0 Å². The third-order valence-electron chi connectivity index (χ3n) is 6.24. The highest BCUT2D eigenvalue weighted by atomic mass is 35.5. The molecule has 16 heteroatoms. The number of nitrogens with zero attached hydrogens (tertiary/aromatic N) is 7. The summed E-state index contributed by atoms with van der Waals surface area (Å²) in [6, 6.07) is 15.2. The van der Waals surface area contributed by atoms with Crippen LogP contribution in [-0.2, 0) is 22.2 Å². The van der Waals surface area contributed by atoms with E-state index in [0.29, 0.717) is 21.9 Å². The molecule has 1 unspecified atom stereocenters. The highest BCUT2D eigenvalue weighted by Crippen LogP contribution is 2.36. The average Bonchev–Trinajstić information content (AvgIpc) is 3.69. The number of hydrogen-bond acceptors (Lipinski definition) is 11. The van der Waals surface area contributed by atoms with Crippen LogP contribution in [0.4, 0.5) is 0 Å². The Labute approximate surface area is 250 Å². The Morgan fingerprint density at radius 2 is 1.76 bits per heavy atom. The minimum absolute atomic E-state index is 0.0312. The van der Waals surface area contributed by atoms with Gasteiger partial charge in [0.2, 0.25) is 0 Å². The normalized spacial score (nSPS) is 13.0.